The fourth-order valence-electron chi connectivity index (χ4n) is 3.37. The minimum atomic E-state index is 0.863. The van der Waals surface area contributed by atoms with E-state index in [0.717, 1.165) is 47.7 Å². The summed E-state index contributed by atoms with van der Waals surface area (Å²) in [6.07, 6.45) is 7.72. The fourth-order valence-corrected chi connectivity index (χ4v) is 4.33. The van der Waals surface area contributed by atoms with Gasteiger partial charge in [0.05, 0.1) is 24.8 Å². The molecule has 0 saturated carbocycles. The van der Waals surface area contributed by atoms with Crippen LogP contribution in [0.4, 0.5) is 5.69 Å². The minimum absolute atomic E-state index is 0.863. The summed E-state index contributed by atoms with van der Waals surface area (Å²) in [5.74, 6) is 0.863. The van der Waals surface area contributed by atoms with Crippen LogP contribution < -0.4 is 9.54 Å². The maximum absolute atomic E-state index is 5.31. The van der Waals surface area contributed by atoms with Gasteiger partial charge < -0.3 is 13.9 Å². The van der Waals surface area contributed by atoms with Crippen LogP contribution in [-0.2, 0) is 19.5 Å². The van der Waals surface area contributed by atoms with Gasteiger partial charge in [-0.3, -0.25) is 0 Å². The van der Waals surface area contributed by atoms with E-state index in [9.17, 15) is 0 Å². The van der Waals surface area contributed by atoms with Gasteiger partial charge in [-0.05, 0) is 60.4 Å². The lowest BCUT2D eigenvalue weighted by Gasteiger charge is -2.10. The van der Waals surface area contributed by atoms with Crippen molar-refractivity contribution in [3.05, 3.63) is 83.0 Å². The smallest absolute Gasteiger partial charge is 0.190 e. The zero-order chi connectivity index (χ0) is 20.8. The molecule has 5 nitrogen and oxygen atoms in total. The summed E-state index contributed by atoms with van der Waals surface area (Å²) in [7, 11) is 1.69. The molecule has 2 heterocycles. The first kappa shape index (κ1) is 20.2. The number of nitrogens with zero attached hydrogens (tertiary/aromatic N) is 4. The van der Waals surface area contributed by atoms with E-state index in [0.29, 0.717) is 0 Å². The number of ether oxygens (including phenoxy) is 1. The Morgan fingerprint density at radius 1 is 1.03 bits per heavy atom. The van der Waals surface area contributed by atoms with Gasteiger partial charge in [-0.2, -0.15) is 0 Å². The molecule has 154 valence electrons. The maximum atomic E-state index is 5.31. The van der Waals surface area contributed by atoms with Crippen molar-refractivity contribution in [2.75, 3.05) is 7.11 Å². The Morgan fingerprint density at radius 2 is 1.83 bits per heavy atom. The number of benzene rings is 2. The Labute approximate surface area is 181 Å². The highest BCUT2D eigenvalue weighted by Gasteiger charge is 2.09. The average Bonchev–Trinajstić information content (AvgIpc) is 3.45. The van der Waals surface area contributed by atoms with Gasteiger partial charge in [-0.25, -0.2) is 9.98 Å². The van der Waals surface area contributed by atoms with Crippen LogP contribution in [-0.4, -0.2) is 21.2 Å². The number of hydrogen-bond donors (Lipinski definition) is 0. The van der Waals surface area contributed by atoms with Gasteiger partial charge in [0, 0.05) is 30.9 Å². The number of methoxy groups -OCH3 is 1. The van der Waals surface area contributed by atoms with Crippen LogP contribution in [0.15, 0.2) is 77.6 Å². The van der Waals surface area contributed by atoms with Crippen molar-refractivity contribution in [1.29, 1.82) is 0 Å². The van der Waals surface area contributed by atoms with Crippen molar-refractivity contribution < 1.29 is 4.74 Å². The Bertz CT molecular complexity index is 1120. The van der Waals surface area contributed by atoms with Crippen molar-refractivity contribution >= 4 is 17.0 Å². The first-order chi connectivity index (χ1) is 14.8. The van der Waals surface area contributed by atoms with Crippen LogP contribution in [0.3, 0.4) is 0 Å². The Morgan fingerprint density at radius 3 is 2.50 bits per heavy atom. The maximum Gasteiger partial charge on any atom is 0.190 e. The number of thiazole rings is 1. The zero-order valence-electron chi connectivity index (χ0n) is 17.4. The molecule has 0 spiro atoms. The molecular weight excluding hydrogens is 392 g/mol. The highest BCUT2D eigenvalue weighted by Crippen LogP contribution is 2.24. The second-order valence-electron chi connectivity index (χ2n) is 7.07. The van der Waals surface area contributed by atoms with Crippen LogP contribution in [0.5, 0.6) is 5.75 Å². The first-order valence-electron chi connectivity index (χ1n) is 10.2. The monoisotopic (exact) mass is 418 g/mol. The molecule has 0 aliphatic heterocycles. The molecule has 4 rings (SSSR count). The van der Waals surface area contributed by atoms with Crippen molar-refractivity contribution in [3.63, 3.8) is 0 Å². The van der Waals surface area contributed by atoms with E-state index >= 15 is 0 Å². The molecule has 0 radical (unpaired) electrons. The quantitative estimate of drug-likeness (QED) is 0.389. The summed E-state index contributed by atoms with van der Waals surface area (Å²) < 4.78 is 9.74. The van der Waals surface area contributed by atoms with Gasteiger partial charge in [-0.1, -0.05) is 19.1 Å². The molecule has 0 bridgehead atoms. The number of rotatable bonds is 8. The lowest BCUT2D eigenvalue weighted by molar-refractivity contribution is 0.415. The van der Waals surface area contributed by atoms with Gasteiger partial charge in [0.15, 0.2) is 4.80 Å². The van der Waals surface area contributed by atoms with Crippen molar-refractivity contribution in [1.82, 2.24) is 14.1 Å². The van der Waals surface area contributed by atoms with Crippen molar-refractivity contribution in [2.45, 2.75) is 32.9 Å². The summed E-state index contributed by atoms with van der Waals surface area (Å²) in [5, 5.41) is 2.19. The normalized spacial score (nSPS) is 11.7. The largest absolute Gasteiger partial charge is 0.497 e. The third kappa shape index (κ3) is 4.71. The molecule has 0 saturated heterocycles. The van der Waals surface area contributed by atoms with Crippen LogP contribution >= 0.6 is 11.3 Å². The Balaban J connectivity index is 1.67. The lowest BCUT2D eigenvalue weighted by Crippen LogP contribution is -2.17. The van der Waals surface area contributed by atoms with Crippen molar-refractivity contribution in [3.8, 4) is 17.0 Å². The molecule has 4 aromatic rings. The van der Waals surface area contributed by atoms with Gasteiger partial charge in [0.25, 0.3) is 0 Å². The third-order valence-corrected chi connectivity index (χ3v) is 5.97. The topological polar surface area (TPSA) is 44.3 Å². The summed E-state index contributed by atoms with van der Waals surface area (Å²) >= 11 is 1.68. The summed E-state index contributed by atoms with van der Waals surface area (Å²) in [4.78, 5) is 10.1. The summed E-state index contributed by atoms with van der Waals surface area (Å²) in [6.45, 7) is 3.98. The standard InChI is InChI=1S/C24H26N4OS/c1-3-19-5-9-21(10-6-19)26-24-28(15-4-14-27-16-13-25-18-27)23(17-30-24)20-7-11-22(29-2)12-8-20/h5-13,16-18H,3-4,14-15H2,1-2H3. The minimum Gasteiger partial charge on any atom is -0.497 e. The molecule has 2 aromatic heterocycles. The van der Waals surface area contributed by atoms with E-state index in [1.807, 2.05) is 30.9 Å². The van der Waals surface area contributed by atoms with E-state index in [2.05, 4.69) is 62.8 Å². The van der Waals surface area contributed by atoms with Crippen LogP contribution in [0.1, 0.15) is 18.9 Å². The predicted octanol–water partition coefficient (Wildman–Crippen LogP) is 5.31. The molecule has 0 atom stereocenters. The van der Waals surface area contributed by atoms with Gasteiger partial charge in [0.2, 0.25) is 0 Å². The Hall–Kier alpha value is -3.12. The Kier molecular flexibility index (Phi) is 6.44. The predicted molar refractivity (Wildman–Crippen MR) is 122 cm³/mol. The van der Waals surface area contributed by atoms with Crippen LogP contribution in [0.25, 0.3) is 11.3 Å². The summed E-state index contributed by atoms with van der Waals surface area (Å²) in [5.41, 5.74) is 4.65. The highest BCUT2D eigenvalue weighted by molar-refractivity contribution is 7.07. The molecule has 6 heteroatoms. The van der Waals surface area contributed by atoms with Crippen LogP contribution in [0.2, 0.25) is 0 Å². The number of aryl methyl sites for hydroxylation is 2. The molecule has 0 aliphatic rings. The highest BCUT2D eigenvalue weighted by atomic mass is 32.1. The first-order valence-corrected chi connectivity index (χ1v) is 11.1. The van der Waals surface area contributed by atoms with E-state index in [-0.39, 0.29) is 0 Å². The summed E-state index contributed by atoms with van der Waals surface area (Å²) in [6, 6.07) is 16.7. The second kappa shape index (κ2) is 9.59. The molecule has 0 aliphatic carbocycles. The third-order valence-electron chi connectivity index (χ3n) is 5.11. The number of hydrogen-bond acceptors (Lipinski definition) is 4. The SMILES string of the molecule is CCc1ccc(N=c2scc(-c3ccc(OC)cc3)n2CCCn2ccnc2)cc1. The molecule has 0 amide bonds. The molecule has 30 heavy (non-hydrogen) atoms. The molecule has 0 fully saturated rings. The van der Waals surface area contributed by atoms with E-state index in [1.165, 1.54) is 11.3 Å². The average molecular weight is 419 g/mol. The lowest BCUT2D eigenvalue weighted by atomic mass is 10.1. The molecule has 2 aromatic carbocycles. The van der Waals surface area contributed by atoms with Crippen LogP contribution in [0, 0.1) is 0 Å². The van der Waals surface area contributed by atoms with E-state index in [1.54, 1.807) is 18.4 Å². The molecular formula is C24H26N4OS. The van der Waals surface area contributed by atoms with Gasteiger partial charge in [0.1, 0.15) is 5.75 Å². The number of aromatic nitrogens is 3. The fraction of sp³-hybridized carbons (Fsp3) is 0.250. The van der Waals surface area contributed by atoms with E-state index < -0.39 is 0 Å². The van der Waals surface area contributed by atoms with E-state index in [4.69, 9.17) is 9.73 Å². The zero-order valence-corrected chi connectivity index (χ0v) is 18.2. The van der Waals surface area contributed by atoms with Crippen molar-refractivity contribution in [2.24, 2.45) is 4.99 Å². The van der Waals surface area contributed by atoms with Gasteiger partial charge >= 0.3 is 0 Å². The number of imidazole rings is 1. The molecule has 0 N–H and O–H groups in total. The second-order valence-corrected chi connectivity index (χ2v) is 7.91. The van der Waals surface area contributed by atoms with Gasteiger partial charge in [-0.15, -0.1) is 11.3 Å². The molecule has 0 unspecified atom stereocenters.